The molecule has 0 aliphatic rings. The van der Waals surface area contributed by atoms with Gasteiger partial charge < -0.3 is 0 Å². The summed E-state index contributed by atoms with van der Waals surface area (Å²) in [6, 6.07) is 4.96. The van der Waals surface area contributed by atoms with Gasteiger partial charge in [0.1, 0.15) is 6.54 Å². The first-order valence-corrected chi connectivity index (χ1v) is 8.73. The fraction of sp³-hybridized carbons (Fsp3) is 0.438. The smallest absolute Gasteiger partial charge is 0.212 e. The van der Waals surface area contributed by atoms with Gasteiger partial charge in [0.25, 0.3) is 0 Å². The van der Waals surface area contributed by atoms with Crippen molar-refractivity contribution in [3.8, 4) is 18.4 Å². The van der Waals surface area contributed by atoms with Crippen molar-refractivity contribution in [1.82, 2.24) is 4.31 Å². The molecule has 8 heteroatoms. The third kappa shape index (κ3) is 5.55. The second kappa shape index (κ2) is 8.18. The molecule has 0 unspecified atom stereocenters. The van der Waals surface area contributed by atoms with E-state index >= 15 is 0 Å². The molecule has 0 atom stereocenters. The fourth-order valence-electron chi connectivity index (χ4n) is 2.18. The summed E-state index contributed by atoms with van der Waals surface area (Å²) >= 11 is 0. The molecule has 24 heavy (non-hydrogen) atoms. The van der Waals surface area contributed by atoms with Crippen LogP contribution >= 0.6 is 0 Å². The van der Waals surface area contributed by atoms with Crippen LogP contribution in [0.15, 0.2) is 18.2 Å². The summed E-state index contributed by atoms with van der Waals surface area (Å²) < 4.78 is 64.4. The van der Waals surface area contributed by atoms with Gasteiger partial charge >= 0.3 is 6.18 Å². The quantitative estimate of drug-likeness (QED) is 0.556. The van der Waals surface area contributed by atoms with Crippen LogP contribution in [0.5, 0.6) is 0 Å². The number of benzene rings is 1. The zero-order valence-electron chi connectivity index (χ0n) is 13.1. The topological polar surface area (TPSA) is 61.2 Å². The predicted octanol–water partition coefficient (Wildman–Crippen LogP) is 2.95. The summed E-state index contributed by atoms with van der Waals surface area (Å²) in [6.45, 7) is 1.06. The highest BCUT2D eigenvalue weighted by Gasteiger charge is 2.32. The van der Waals surface area contributed by atoms with Gasteiger partial charge in [-0.2, -0.15) is 22.7 Å². The van der Waals surface area contributed by atoms with Gasteiger partial charge in [-0.05, 0) is 29.7 Å². The van der Waals surface area contributed by atoms with Crippen molar-refractivity contribution >= 4 is 10.0 Å². The van der Waals surface area contributed by atoms with E-state index in [0.29, 0.717) is 18.4 Å². The van der Waals surface area contributed by atoms with Crippen molar-refractivity contribution in [2.24, 2.45) is 0 Å². The Balaban J connectivity index is 3.24. The lowest BCUT2D eigenvalue weighted by atomic mass is 10.0. The van der Waals surface area contributed by atoms with Crippen LogP contribution in [0, 0.1) is 23.7 Å². The molecule has 0 heterocycles. The maximum Gasteiger partial charge on any atom is 0.416 e. The number of nitrogens with zero attached hydrogens (tertiary/aromatic N) is 2. The van der Waals surface area contributed by atoms with E-state index in [4.69, 9.17) is 11.7 Å². The normalized spacial score (nSPS) is 12.0. The van der Waals surface area contributed by atoms with Crippen LogP contribution in [-0.4, -0.2) is 25.8 Å². The molecule has 0 amide bonds. The molecule has 0 aromatic heterocycles. The summed E-state index contributed by atoms with van der Waals surface area (Å²) in [5, 5.41) is 8.68. The molecule has 0 radical (unpaired) electrons. The molecule has 0 aliphatic carbocycles. The molecule has 1 aromatic rings. The summed E-state index contributed by atoms with van der Waals surface area (Å²) in [5.74, 6) is 1.49. The van der Waals surface area contributed by atoms with E-state index in [2.05, 4.69) is 5.92 Å². The minimum absolute atomic E-state index is 0.0215. The Morgan fingerprint density at radius 3 is 2.33 bits per heavy atom. The molecule has 0 aliphatic heterocycles. The molecule has 0 saturated carbocycles. The van der Waals surface area contributed by atoms with Gasteiger partial charge in [0.15, 0.2) is 0 Å². The summed E-state index contributed by atoms with van der Waals surface area (Å²) in [7, 11) is -3.99. The van der Waals surface area contributed by atoms with Gasteiger partial charge in [-0.3, -0.25) is 0 Å². The van der Waals surface area contributed by atoms with E-state index in [1.165, 1.54) is 6.07 Å². The lowest BCUT2D eigenvalue weighted by Crippen LogP contribution is -2.33. The zero-order chi connectivity index (χ0) is 18.4. The van der Waals surface area contributed by atoms with Gasteiger partial charge in [0.05, 0.1) is 23.9 Å². The molecule has 0 N–H and O–H groups in total. The molecule has 130 valence electrons. The van der Waals surface area contributed by atoms with Crippen LogP contribution < -0.4 is 0 Å². The SMILES string of the molecule is C#CCN(CC#N)S(=O)(=O)Cc1cc(CCC)cc(C(F)(F)F)c1. The molecular formula is C16H17F3N2O2S. The number of rotatable bonds is 7. The van der Waals surface area contributed by atoms with Crippen LogP contribution in [0.1, 0.15) is 30.0 Å². The van der Waals surface area contributed by atoms with E-state index in [1.807, 2.05) is 6.92 Å². The first kappa shape index (κ1) is 20.0. The Labute approximate surface area is 139 Å². The lowest BCUT2D eigenvalue weighted by Gasteiger charge is -2.18. The summed E-state index contributed by atoms with van der Waals surface area (Å²) in [6.07, 6.45) is 1.55. The van der Waals surface area contributed by atoms with E-state index in [0.717, 1.165) is 16.4 Å². The maximum atomic E-state index is 13.0. The van der Waals surface area contributed by atoms with Gasteiger partial charge in [-0.25, -0.2) is 8.42 Å². The molecule has 4 nitrogen and oxygen atoms in total. The highest BCUT2D eigenvalue weighted by molar-refractivity contribution is 7.88. The lowest BCUT2D eigenvalue weighted by molar-refractivity contribution is -0.137. The van der Waals surface area contributed by atoms with Crippen molar-refractivity contribution in [1.29, 1.82) is 5.26 Å². The van der Waals surface area contributed by atoms with E-state index in [-0.39, 0.29) is 12.1 Å². The number of terminal acetylenes is 1. The number of aryl methyl sites for hydroxylation is 1. The fourth-order valence-corrected chi connectivity index (χ4v) is 3.47. The molecule has 0 bridgehead atoms. The molecule has 0 fully saturated rings. The van der Waals surface area contributed by atoms with E-state index in [1.54, 1.807) is 6.07 Å². The number of sulfonamides is 1. The van der Waals surface area contributed by atoms with Crippen LogP contribution in [0.25, 0.3) is 0 Å². The summed E-state index contributed by atoms with van der Waals surface area (Å²) in [4.78, 5) is 0. The van der Waals surface area contributed by atoms with Crippen molar-refractivity contribution in [2.45, 2.75) is 31.7 Å². The molecule has 0 spiro atoms. The Morgan fingerprint density at radius 2 is 1.83 bits per heavy atom. The standard InChI is InChI=1S/C16H17F3N2O2S/c1-3-5-13-9-14(11-15(10-13)16(17,18)19)12-24(22,23)21(7-4-2)8-6-20/h2,9-11H,3,5,7-8,12H2,1H3. The minimum Gasteiger partial charge on any atom is -0.212 e. The third-order valence-corrected chi connectivity index (χ3v) is 4.92. The molecule has 1 rings (SSSR count). The van der Waals surface area contributed by atoms with Gasteiger partial charge in [0, 0.05) is 0 Å². The molecule has 0 saturated heterocycles. The van der Waals surface area contributed by atoms with Gasteiger partial charge in [0.2, 0.25) is 10.0 Å². The number of hydrogen-bond acceptors (Lipinski definition) is 3. The highest BCUT2D eigenvalue weighted by Crippen LogP contribution is 2.31. The van der Waals surface area contributed by atoms with Crippen molar-refractivity contribution in [3.05, 3.63) is 34.9 Å². The molecular weight excluding hydrogens is 341 g/mol. The van der Waals surface area contributed by atoms with E-state index in [9.17, 15) is 21.6 Å². The first-order valence-electron chi connectivity index (χ1n) is 7.12. The van der Waals surface area contributed by atoms with Crippen LogP contribution in [0.3, 0.4) is 0 Å². The Kier molecular flexibility index (Phi) is 6.82. The van der Waals surface area contributed by atoms with Crippen molar-refractivity contribution in [3.63, 3.8) is 0 Å². The monoisotopic (exact) mass is 358 g/mol. The van der Waals surface area contributed by atoms with E-state index < -0.39 is 34.1 Å². The van der Waals surface area contributed by atoms with Gasteiger partial charge in [-0.1, -0.05) is 25.3 Å². The third-order valence-electron chi connectivity index (χ3n) is 3.18. The van der Waals surface area contributed by atoms with Crippen LogP contribution in [0.2, 0.25) is 0 Å². The Morgan fingerprint density at radius 1 is 1.21 bits per heavy atom. The highest BCUT2D eigenvalue weighted by atomic mass is 32.2. The average Bonchev–Trinajstić information content (AvgIpc) is 2.45. The number of halogens is 3. The summed E-state index contributed by atoms with van der Waals surface area (Å²) in [5.41, 5.74) is -0.447. The van der Waals surface area contributed by atoms with Crippen molar-refractivity contribution in [2.75, 3.05) is 13.1 Å². The number of nitriles is 1. The average molecular weight is 358 g/mol. The Bertz CT molecular complexity index is 743. The zero-order valence-corrected chi connectivity index (χ0v) is 13.9. The molecule has 1 aromatic carbocycles. The first-order chi connectivity index (χ1) is 11.1. The van der Waals surface area contributed by atoms with Crippen molar-refractivity contribution < 1.29 is 21.6 Å². The predicted molar refractivity (Wildman–Crippen MR) is 84.1 cm³/mol. The largest absolute Gasteiger partial charge is 0.416 e. The minimum atomic E-state index is -4.56. The van der Waals surface area contributed by atoms with Gasteiger partial charge in [-0.15, -0.1) is 6.42 Å². The maximum absolute atomic E-state index is 13.0. The van der Waals surface area contributed by atoms with Crippen LogP contribution in [-0.2, 0) is 28.4 Å². The van der Waals surface area contributed by atoms with Crippen LogP contribution in [0.4, 0.5) is 13.2 Å². The Hall–Kier alpha value is -2.03. The number of alkyl halides is 3. The second-order valence-corrected chi connectivity index (χ2v) is 7.14. The second-order valence-electron chi connectivity index (χ2n) is 5.17. The number of hydrogen-bond donors (Lipinski definition) is 0.